The Morgan fingerprint density at radius 2 is 1.87 bits per heavy atom. The monoisotopic (exact) mass is 434 g/mol. The number of carbonyl (C=O) groups excluding carboxylic acids is 1. The third kappa shape index (κ3) is 8.75. The third-order valence-corrected chi connectivity index (χ3v) is 3.08. The number of amides is 1. The van der Waals surface area contributed by atoms with Crippen LogP contribution in [0.1, 0.15) is 5.56 Å². The Labute approximate surface area is 155 Å². The highest BCUT2D eigenvalue weighted by atomic mass is 127. The van der Waals surface area contributed by atoms with E-state index in [1.165, 1.54) is 10.5 Å². The third-order valence-electron chi connectivity index (χ3n) is 3.08. The number of methoxy groups -OCH3 is 1. The molecule has 1 N–H and O–H groups in total. The molecule has 1 rings (SSSR count). The van der Waals surface area contributed by atoms with Crippen molar-refractivity contribution < 1.29 is 9.53 Å². The molecule has 1 amide bonds. The first-order valence-electron chi connectivity index (χ1n) is 7.27. The van der Waals surface area contributed by atoms with Crippen LogP contribution in [0.5, 0.6) is 0 Å². The van der Waals surface area contributed by atoms with Crippen LogP contribution in [0.25, 0.3) is 0 Å². The van der Waals surface area contributed by atoms with Crippen molar-refractivity contribution in [3.8, 4) is 0 Å². The van der Waals surface area contributed by atoms with E-state index in [0.717, 1.165) is 6.54 Å². The molecule has 7 heteroatoms. The van der Waals surface area contributed by atoms with Crippen LogP contribution >= 0.6 is 24.0 Å². The molecular formula is C16H27IN4O2. The SMILES string of the molecule is COCCNC(=NCC(=O)N(C)C)N(C)Cc1ccccc1.I. The Hall–Kier alpha value is -1.35. The standard InChI is InChI=1S/C16H26N4O2.HI/c1-19(2)15(21)12-18-16(17-10-11-22-4)20(3)13-14-8-6-5-7-9-14;/h5-9H,10-13H2,1-4H3,(H,17,18);1H. The molecular weight excluding hydrogens is 407 g/mol. The van der Waals surface area contributed by atoms with Crippen molar-refractivity contribution in [2.45, 2.75) is 6.54 Å². The number of carbonyl (C=O) groups is 1. The van der Waals surface area contributed by atoms with E-state index in [4.69, 9.17) is 4.74 Å². The van der Waals surface area contributed by atoms with Gasteiger partial charge in [0.15, 0.2) is 5.96 Å². The molecule has 0 heterocycles. The second kappa shape index (κ2) is 12.1. The smallest absolute Gasteiger partial charge is 0.243 e. The van der Waals surface area contributed by atoms with Crippen LogP contribution in [0.4, 0.5) is 0 Å². The van der Waals surface area contributed by atoms with Crippen molar-refractivity contribution >= 4 is 35.8 Å². The van der Waals surface area contributed by atoms with Gasteiger partial charge < -0.3 is 19.9 Å². The summed E-state index contributed by atoms with van der Waals surface area (Å²) in [6, 6.07) is 10.1. The maximum atomic E-state index is 11.7. The van der Waals surface area contributed by atoms with Crippen LogP contribution in [0.15, 0.2) is 35.3 Å². The van der Waals surface area contributed by atoms with Crippen LogP contribution in [0, 0.1) is 0 Å². The summed E-state index contributed by atoms with van der Waals surface area (Å²) in [4.78, 5) is 19.6. The molecule has 0 aliphatic rings. The molecule has 0 unspecified atom stereocenters. The summed E-state index contributed by atoms with van der Waals surface area (Å²) in [6.45, 7) is 2.07. The summed E-state index contributed by atoms with van der Waals surface area (Å²) in [5.41, 5.74) is 1.19. The Kier molecular flexibility index (Phi) is 11.4. The van der Waals surface area contributed by atoms with Crippen LogP contribution in [-0.2, 0) is 16.1 Å². The van der Waals surface area contributed by atoms with Gasteiger partial charge in [-0.2, -0.15) is 0 Å². The summed E-state index contributed by atoms with van der Waals surface area (Å²) < 4.78 is 5.04. The van der Waals surface area contributed by atoms with E-state index in [9.17, 15) is 4.79 Å². The number of aliphatic imine (C=N–C) groups is 1. The quantitative estimate of drug-likeness (QED) is 0.305. The number of ether oxygens (including phenoxy) is 1. The molecule has 0 bridgehead atoms. The molecule has 0 radical (unpaired) electrons. The van der Waals surface area contributed by atoms with E-state index >= 15 is 0 Å². The minimum Gasteiger partial charge on any atom is -0.383 e. The molecule has 23 heavy (non-hydrogen) atoms. The average Bonchev–Trinajstić information content (AvgIpc) is 2.51. The van der Waals surface area contributed by atoms with Gasteiger partial charge in [0.05, 0.1) is 6.61 Å². The fourth-order valence-corrected chi connectivity index (χ4v) is 1.79. The van der Waals surface area contributed by atoms with Crippen molar-refractivity contribution in [1.82, 2.24) is 15.1 Å². The summed E-state index contributed by atoms with van der Waals surface area (Å²) >= 11 is 0. The fraction of sp³-hybridized carbons (Fsp3) is 0.500. The number of likely N-dealkylation sites (N-methyl/N-ethyl adjacent to an activating group) is 1. The number of nitrogens with one attached hydrogen (secondary N) is 1. The van der Waals surface area contributed by atoms with Crippen LogP contribution < -0.4 is 5.32 Å². The average molecular weight is 434 g/mol. The van der Waals surface area contributed by atoms with Crippen molar-refractivity contribution in [3.05, 3.63) is 35.9 Å². The highest BCUT2D eigenvalue weighted by molar-refractivity contribution is 14.0. The van der Waals surface area contributed by atoms with Gasteiger partial charge in [-0.25, -0.2) is 4.99 Å². The molecule has 6 nitrogen and oxygen atoms in total. The van der Waals surface area contributed by atoms with Gasteiger partial charge in [0.2, 0.25) is 5.91 Å². The zero-order valence-corrected chi connectivity index (χ0v) is 16.6. The van der Waals surface area contributed by atoms with Gasteiger partial charge in [-0.15, -0.1) is 24.0 Å². The number of hydrogen-bond acceptors (Lipinski definition) is 3. The topological polar surface area (TPSA) is 57.2 Å². The van der Waals surface area contributed by atoms with E-state index in [0.29, 0.717) is 19.1 Å². The van der Waals surface area contributed by atoms with E-state index in [1.54, 1.807) is 21.2 Å². The highest BCUT2D eigenvalue weighted by Crippen LogP contribution is 2.03. The van der Waals surface area contributed by atoms with E-state index in [-0.39, 0.29) is 36.4 Å². The Balaban J connectivity index is 0.00000484. The van der Waals surface area contributed by atoms with Gasteiger partial charge in [-0.05, 0) is 5.56 Å². The van der Waals surface area contributed by atoms with E-state index in [2.05, 4.69) is 22.4 Å². The maximum absolute atomic E-state index is 11.7. The number of hydrogen-bond donors (Lipinski definition) is 1. The van der Waals surface area contributed by atoms with Gasteiger partial charge >= 0.3 is 0 Å². The summed E-state index contributed by atoms with van der Waals surface area (Å²) in [5, 5.41) is 3.22. The minimum atomic E-state index is -0.0286. The molecule has 0 aliphatic heterocycles. The predicted octanol–water partition coefficient (Wildman–Crippen LogP) is 1.42. The molecule has 0 saturated carbocycles. The highest BCUT2D eigenvalue weighted by Gasteiger charge is 2.09. The van der Waals surface area contributed by atoms with E-state index < -0.39 is 0 Å². The molecule has 1 aromatic rings. The lowest BCUT2D eigenvalue weighted by Crippen LogP contribution is -2.40. The summed E-state index contributed by atoms with van der Waals surface area (Å²) in [5.74, 6) is 0.662. The van der Waals surface area contributed by atoms with Gasteiger partial charge in [0.25, 0.3) is 0 Å². The second-order valence-electron chi connectivity index (χ2n) is 5.19. The summed E-state index contributed by atoms with van der Waals surface area (Å²) in [6.07, 6.45) is 0. The number of guanidine groups is 1. The molecule has 130 valence electrons. The number of halogens is 1. The first kappa shape index (κ1) is 21.6. The number of nitrogens with zero attached hydrogens (tertiary/aromatic N) is 3. The van der Waals surface area contributed by atoms with Crippen LogP contribution in [0.3, 0.4) is 0 Å². The van der Waals surface area contributed by atoms with Gasteiger partial charge in [-0.3, -0.25) is 4.79 Å². The summed E-state index contributed by atoms with van der Waals surface area (Å²) in [7, 11) is 7.06. The molecule has 0 aliphatic carbocycles. The molecule has 0 aromatic heterocycles. The second-order valence-corrected chi connectivity index (χ2v) is 5.19. The number of benzene rings is 1. The number of rotatable bonds is 7. The zero-order valence-electron chi connectivity index (χ0n) is 14.3. The van der Waals surface area contributed by atoms with Crippen molar-refractivity contribution in [3.63, 3.8) is 0 Å². The first-order chi connectivity index (χ1) is 10.5. The largest absolute Gasteiger partial charge is 0.383 e. The lowest BCUT2D eigenvalue weighted by molar-refractivity contribution is -0.127. The normalized spacial score (nSPS) is 10.7. The van der Waals surface area contributed by atoms with Gasteiger partial charge in [0, 0.05) is 41.3 Å². The van der Waals surface area contributed by atoms with Gasteiger partial charge in [-0.1, -0.05) is 30.3 Å². The lowest BCUT2D eigenvalue weighted by Gasteiger charge is -2.22. The van der Waals surface area contributed by atoms with Crippen molar-refractivity contribution in [2.75, 3.05) is 47.9 Å². The minimum absolute atomic E-state index is 0. The molecule has 0 fully saturated rings. The Bertz CT molecular complexity index is 480. The Morgan fingerprint density at radius 1 is 1.22 bits per heavy atom. The molecule has 0 atom stereocenters. The van der Waals surface area contributed by atoms with Crippen molar-refractivity contribution in [1.29, 1.82) is 0 Å². The maximum Gasteiger partial charge on any atom is 0.243 e. The van der Waals surface area contributed by atoms with E-state index in [1.807, 2.05) is 30.1 Å². The zero-order chi connectivity index (χ0) is 16.4. The van der Waals surface area contributed by atoms with Crippen LogP contribution in [-0.4, -0.2) is 69.6 Å². The lowest BCUT2D eigenvalue weighted by atomic mass is 10.2. The molecule has 0 spiro atoms. The van der Waals surface area contributed by atoms with Crippen molar-refractivity contribution in [2.24, 2.45) is 4.99 Å². The first-order valence-corrected chi connectivity index (χ1v) is 7.27. The van der Waals surface area contributed by atoms with Gasteiger partial charge in [0.1, 0.15) is 6.54 Å². The predicted molar refractivity (Wildman–Crippen MR) is 104 cm³/mol. The molecule has 1 aromatic carbocycles. The fourth-order valence-electron chi connectivity index (χ4n) is 1.79. The molecule has 0 saturated heterocycles. The van der Waals surface area contributed by atoms with Crippen LogP contribution in [0.2, 0.25) is 0 Å². The Morgan fingerprint density at radius 3 is 2.43 bits per heavy atom.